The number of nitrogens with zero attached hydrogens (tertiary/aromatic N) is 1. The lowest BCUT2D eigenvalue weighted by Crippen LogP contribution is -1.90. The molecule has 1 unspecified atom stereocenters. The lowest BCUT2D eigenvalue weighted by molar-refractivity contribution is 0.0993. The van der Waals surface area contributed by atoms with Crippen molar-refractivity contribution in [2.75, 3.05) is 0 Å². The van der Waals surface area contributed by atoms with Gasteiger partial charge in [-0.25, -0.2) is 10.1 Å². The highest BCUT2D eigenvalue weighted by Gasteiger charge is 2.07. The van der Waals surface area contributed by atoms with E-state index in [0.717, 1.165) is 11.0 Å². The first-order valence-electron chi connectivity index (χ1n) is 3.88. The van der Waals surface area contributed by atoms with Crippen LogP contribution in [0.4, 0.5) is 0 Å². The maximum Gasteiger partial charge on any atom is 0.148 e. The first kappa shape index (κ1) is 7.31. The van der Waals surface area contributed by atoms with Gasteiger partial charge < -0.3 is 4.98 Å². The largest absolute Gasteiger partial charge is 0.340 e. The van der Waals surface area contributed by atoms with Crippen molar-refractivity contribution in [2.24, 2.45) is 0 Å². The number of aromatic nitrogens is 2. The van der Waals surface area contributed by atoms with E-state index in [-0.39, 0.29) is 0 Å². The van der Waals surface area contributed by atoms with E-state index in [1.54, 1.807) is 6.92 Å². The Morgan fingerprint density at radius 3 is 2.83 bits per heavy atom. The summed E-state index contributed by atoms with van der Waals surface area (Å²) in [4.78, 5) is 7.12. The molecule has 0 bridgehead atoms. The Bertz CT molecular complexity index is 359. The highest BCUT2D eigenvalue weighted by atomic mass is 16.3. The number of nitrogens with one attached hydrogen (secondary N) is 1. The Balaban J connectivity index is 2.62. The van der Waals surface area contributed by atoms with Gasteiger partial charge in [0.15, 0.2) is 0 Å². The van der Waals surface area contributed by atoms with Crippen LogP contribution in [0.1, 0.15) is 18.9 Å². The van der Waals surface area contributed by atoms with Crippen LogP contribution in [0.3, 0.4) is 0 Å². The summed E-state index contributed by atoms with van der Waals surface area (Å²) in [6, 6.07) is 7.62. The molecular formula is C9H9N2O. The van der Waals surface area contributed by atoms with Gasteiger partial charge in [0.2, 0.25) is 0 Å². The number of benzene rings is 1. The number of para-hydroxylation sites is 2. The summed E-state index contributed by atoms with van der Waals surface area (Å²) < 4.78 is 0. The SMILES string of the molecule is CC([O])c1nc2ccccc2[nH]1. The maximum atomic E-state index is 11.0. The minimum Gasteiger partial charge on any atom is -0.340 e. The topological polar surface area (TPSA) is 48.6 Å². The Kier molecular flexibility index (Phi) is 1.59. The summed E-state index contributed by atoms with van der Waals surface area (Å²) in [5, 5.41) is 11.0. The van der Waals surface area contributed by atoms with Gasteiger partial charge >= 0.3 is 0 Å². The molecule has 0 saturated heterocycles. The van der Waals surface area contributed by atoms with Crippen LogP contribution in [0.2, 0.25) is 0 Å². The van der Waals surface area contributed by atoms with Gasteiger partial charge in [-0.05, 0) is 19.1 Å². The van der Waals surface area contributed by atoms with E-state index >= 15 is 0 Å². The molecule has 0 fully saturated rings. The Hall–Kier alpha value is -1.35. The summed E-state index contributed by atoms with van der Waals surface area (Å²) in [6.45, 7) is 1.58. The van der Waals surface area contributed by atoms with E-state index in [4.69, 9.17) is 0 Å². The third kappa shape index (κ3) is 1.08. The minimum atomic E-state index is -0.780. The number of aromatic amines is 1. The van der Waals surface area contributed by atoms with Crippen molar-refractivity contribution in [3.8, 4) is 0 Å². The third-order valence-corrected chi connectivity index (χ3v) is 1.79. The molecule has 1 aromatic carbocycles. The molecule has 1 atom stereocenters. The van der Waals surface area contributed by atoms with Crippen molar-refractivity contribution in [1.29, 1.82) is 0 Å². The molecule has 1 N–H and O–H groups in total. The molecule has 2 rings (SSSR count). The molecular weight excluding hydrogens is 152 g/mol. The summed E-state index contributed by atoms with van der Waals surface area (Å²) in [5.74, 6) is 0.510. The molecule has 1 radical (unpaired) electrons. The number of imidazole rings is 1. The van der Waals surface area contributed by atoms with Crippen LogP contribution in [0.5, 0.6) is 0 Å². The maximum absolute atomic E-state index is 11.0. The molecule has 0 saturated carbocycles. The molecule has 1 aromatic heterocycles. The summed E-state index contributed by atoms with van der Waals surface area (Å²) in [6.07, 6.45) is -0.780. The summed E-state index contributed by atoms with van der Waals surface area (Å²) >= 11 is 0. The van der Waals surface area contributed by atoms with E-state index in [1.807, 2.05) is 24.3 Å². The molecule has 0 aliphatic heterocycles. The second kappa shape index (κ2) is 2.60. The zero-order valence-electron chi connectivity index (χ0n) is 6.74. The van der Waals surface area contributed by atoms with Crippen LogP contribution in [0, 0.1) is 0 Å². The number of H-pyrrole nitrogens is 1. The molecule has 3 nitrogen and oxygen atoms in total. The Morgan fingerprint density at radius 1 is 1.42 bits per heavy atom. The lowest BCUT2D eigenvalue weighted by atomic mass is 10.3. The van der Waals surface area contributed by atoms with E-state index in [9.17, 15) is 5.11 Å². The van der Waals surface area contributed by atoms with Crippen LogP contribution >= 0.6 is 0 Å². The number of fused-ring (bicyclic) bond motifs is 1. The molecule has 0 amide bonds. The van der Waals surface area contributed by atoms with Crippen molar-refractivity contribution in [1.82, 2.24) is 9.97 Å². The highest BCUT2D eigenvalue weighted by molar-refractivity contribution is 5.74. The van der Waals surface area contributed by atoms with Crippen LogP contribution in [-0.2, 0) is 5.11 Å². The fraction of sp³-hybridized carbons (Fsp3) is 0.222. The molecule has 0 aliphatic rings. The van der Waals surface area contributed by atoms with Gasteiger partial charge in [0.05, 0.1) is 11.0 Å². The van der Waals surface area contributed by atoms with Gasteiger partial charge in [-0.3, -0.25) is 0 Å². The molecule has 3 heteroatoms. The van der Waals surface area contributed by atoms with E-state index in [2.05, 4.69) is 9.97 Å². The molecule has 0 spiro atoms. The fourth-order valence-corrected chi connectivity index (χ4v) is 1.17. The van der Waals surface area contributed by atoms with Gasteiger partial charge in [0, 0.05) is 0 Å². The molecule has 1 heterocycles. The number of hydrogen-bond donors (Lipinski definition) is 1. The Labute approximate surface area is 70.1 Å². The van der Waals surface area contributed by atoms with Crippen molar-refractivity contribution in [3.05, 3.63) is 30.1 Å². The summed E-state index contributed by atoms with van der Waals surface area (Å²) in [5.41, 5.74) is 1.78. The van der Waals surface area contributed by atoms with Gasteiger partial charge in [0.1, 0.15) is 11.9 Å². The molecule has 2 aromatic rings. The molecule has 12 heavy (non-hydrogen) atoms. The average Bonchev–Trinajstić information content (AvgIpc) is 2.46. The van der Waals surface area contributed by atoms with E-state index in [0.29, 0.717) is 5.82 Å². The first-order valence-corrected chi connectivity index (χ1v) is 3.88. The number of hydrogen-bond acceptors (Lipinski definition) is 1. The van der Waals surface area contributed by atoms with Gasteiger partial charge in [-0.2, -0.15) is 0 Å². The van der Waals surface area contributed by atoms with Crippen LogP contribution in [0.15, 0.2) is 24.3 Å². The van der Waals surface area contributed by atoms with Crippen LogP contribution in [-0.4, -0.2) is 9.97 Å². The zero-order chi connectivity index (χ0) is 8.55. The van der Waals surface area contributed by atoms with Crippen molar-refractivity contribution >= 4 is 11.0 Å². The van der Waals surface area contributed by atoms with Crippen molar-refractivity contribution in [2.45, 2.75) is 13.0 Å². The lowest BCUT2D eigenvalue weighted by Gasteiger charge is -1.91. The van der Waals surface area contributed by atoms with E-state index < -0.39 is 6.10 Å². The normalized spacial score (nSPS) is 13.5. The second-order valence-electron chi connectivity index (χ2n) is 2.78. The average molecular weight is 161 g/mol. The monoisotopic (exact) mass is 161 g/mol. The second-order valence-corrected chi connectivity index (χ2v) is 2.78. The zero-order valence-corrected chi connectivity index (χ0v) is 6.74. The molecule has 61 valence electrons. The smallest absolute Gasteiger partial charge is 0.148 e. The highest BCUT2D eigenvalue weighted by Crippen LogP contribution is 2.14. The Morgan fingerprint density at radius 2 is 2.17 bits per heavy atom. The predicted molar refractivity (Wildman–Crippen MR) is 45.2 cm³/mol. The van der Waals surface area contributed by atoms with Crippen LogP contribution < -0.4 is 0 Å². The van der Waals surface area contributed by atoms with Gasteiger partial charge in [-0.1, -0.05) is 12.1 Å². The molecule has 0 aliphatic carbocycles. The standard InChI is InChI=1S/C9H9N2O/c1-6(12)9-10-7-4-2-3-5-8(7)11-9/h2-6H,1H3,(H,10,11). The summed E-state index contributed by atoms with van der Waals surface area (Å²) in [7, 11) is 0. The number of rotatable bonds is 1. The predicted octanol–water partition coefficient (Wildman–Crippen LogP) is 2.05. The van der Waals surface area contributed by atoms with Crippen molar-refractivity contribution < 1.29 is 5.11 Å². The first-order chi connectivity index (χ1) is 5.77. The van der Waals surface area contributed by atoms with Gasteiger partial charge in [-0.15, -0.1) is 0 Å². The van der Waals surface area contributed by atoms with Gasteiger partial charge in [0.25, 0.3) is 0 Å². The minimum absolute atomic E-state index is 0.510. The van der Waals surface area contributed by atoms with E-state index in [1.165, 1.54) is 0 Å². The van der Waals surface area contributed by atoms with Crippen LogP contribution in [0.25, 0.3) is 11.0 Å². The third-order valence-electron chi connectivity index (χ3n) is 1.79. The van der Waals surface area contributed by atoms with Crippen molar-refractivity contribution in [3.63, 3.8) is 0 Å². The fourth-order valence-electron chi connectivity index (χ4n) is 1.17. The quantitative estimate of drug-likeness (QED) is 0.683.